The van der Waals surface area contributed by atoms with Crippen LogP contribution in [0, 0.1) is 0 Å². The van der Waals surface area contributed by atoms with Gasteiger partial charge >= 0.3 is 6.18 Å². The van der Waals surface area contributed by atoms with Crippen molar-refractivity contribution in [3.63, 3.8) is 0 Å². The summed E-state index contributed by atoms with van der Waals surface area (Å²) < 4.78 is 33.4. The second-order valence-electron chi connectivity index (χ2n) is 1.20. The summed E-state index contributed by atoms with van der Waals surface area (Å²) in [5, 5.41) is 1.93. The first-order valence-electron chi connectivity index (χ1n) is 1.97. The zero-order valence-corrected chi connectivity index (χ0v) is 4.13. The maximum atomic E-state index is 11.1. The molecule has 0 aromatic carbocycles. The van der Waals surface area contributed by atoms with E-state index < -0.39 is 12.7 Å². The fraction of sp³-hybridized carbons (Fsp3) is 0.500. The molecule has 0 rings (SSSR count). The number of alkyl halides is 3. The average molecular weight is 125 g/mol. The predicted molar refractivity (Wildman–Crippen MR) is 24.3 cm³/mol. The molecule has 0 heterocycles. The van der Waals surface area contributed by atoms with Crippen LogP contribution >= 0.6 is 0 Å². The molecule has 0 unspecified atom stereocenters. The van der Waals surface area contributed by atoms with E-state index in [0.717, 1.165) is 6.20 Å². The van der Waals surface area contributed by atoms with E-state index in [2.05, 4.69) is 6.58 Å². The maximum absolute atomic E-state index is 11.1. The lowest BCUT2D eigenvalue weighted by molar-refractivity contribution is -0.122. The molecule has 0 saturated heterocycles. The highest BCUT2D eigenvalue weighted by Gasteiger charge is 2.25. The summed E-state index contributed by atoms with van der Waals surface area (Å²) in [4.78, 5) is 0. The van der Waals surface area contributed by atoms with Gasteiger partial charge in [0, 0.05) is 0 Å². The van der Waals surface area contributed by atoms with Crippen molar-refractivity contribution in [3.8, 4) is 0 Å². The summed E-state index contributed by atoms with van der Waals surface area (Å²) in [5.41, 5.74) is 0. The summed E-state index contributed by atoms with van der Waals surface area (Å²) in [6.45, 7) is 2.05. The first kappa shape index (κ1) is 7.33. The predicted octanol–water partition coefficient (Wildman–Crippen LogP) is 1.28. The van der Waals surface area contributed by atoms with Crippen molar-refractivity contribution < 1.29 is 13.2 Å². The number of hydrogen-bond acceptors (Lipinski definition) is 1. The molecule has 0 fully saturated rings. The van der Waals surface area contributed by atoms with Crippen molar-refractivity contribution in [2.75, 3.05) is 6.54 Å². The van der Waals surface area contributed by atoms with Crippen LogP contribution in [0.5, 0.6) is 0 Å². The Morgan fingerprint density at radius 2 is 2.00 bits per heavy atom. The molecule has 1 N–H and O–H groups in total. The summed E-state index contributed by atoms with van der Waals surface area (Å²) in [6, 6.07) is 0. The van der Waals surface area contributed by atoms with Crippen LogP contribution in [0.15, 0.2) is 12.8 Å². The molecule has 0 atom stereocenters. The van der Waals surface area contributed by atoms with Crippen LogP contribution in [0.3, 0.4) is 0 Å². The molecule has 0 bridgehead atoms. The van der Waals surface area contributed by atoms with Gasteiger partial charge in [0.25, 0.3) is 0 Å². The highest BCUT2D eigenvalue weighted by Crippen LogP contribution is 2.11. The topological polar surface area (TPSA) is 12.0 Å². The Labute approximate surface area is 45.2 Å². The Balaban J connectivity index is 3.24. The van der Waals surface area contributed by atoms with Gasteiger partial charge in [0.15, 0.2) is 0 Å². The Morgan fingerprint density at radius 1 is 1.50 bits per heavy atom. The molecule has 1 nitrogen and oxygen atoms in total. The van der Waals surface area contributed by atoms with Gasteiger partial charge in [-0.05, 0) is 6.20 Å². The second-order valence-corrected chi connectivity index (χ2v) is 1.20. The van der Waals surface area contributed by atoms with Crippen molar-refractivity contribution in [1.82, 2.24) is 5.32 Å². The third kappa shape index (κ3) is 5.33. The minimum atomic E-state index is -4.13. The van der Waals surface area contributed by atoms with E-state index in [0.29, 0.717) is 0 Å². The summed E-state index contributed by atoms with van der Waals surface area (Å²) >= 11 is 0. The molecular formula is C4H6F3N. The van der Waals surface area contributed by atoms with Crippen LogP contribution in [-0.2, 0) is 0 Å². The molecule has 4 heteroatoms. The summed E-state index contributed by atoms with van der Waals surface area (Å²) in [6.07, 6.45) is -3.12. The van der Waals surface area contributed by atoms with Crippen LogP contribution in [0.4, 0.5) is 13.2 Å². The smallest absolute Gasteiger partial charge is 0.383 e. The molecule has 48 valence electrons. The Morgan fingerprint density at radius 3 is 2.12 bits per heavy atom. The fourth-order valence-corrected chi connectivity index (χ4v) is 0.188. The molecule has 0 aliphatic rings. The first-order chi connectivity index (χ1) is 3.56. The quantitative estimate of drug-likeness (QED) is 0.586. The Hall–Kier alpha value is -0.670. The molecule has 0 aromatic heterocycles. The van der Waals surface area contributed by atoms with Crippen molar-refractivity contribution in [3.05, 3.63) is 12.8 Å². The van der Waals surface area contributed by atoms with Crippen molar-refractivity contribution >= 4 is 0 Å². The molecule has 0 amide bonds. The van der Waals surface area contributed by atoms with Gasteiger partial charge in [0.1, 0.15) is 6.54 Å². The molecule has 0 spiro atoms. The van der Waals surface area contributed by atoms with Crippen LogP contribution in [0.25, 0.3) is 0 Å². The van der Waals surface area contributed by atoms with E-state index in [9.17, 15) is 13.2 Å². The van der Waals surface area contributed by atoms with Gasteiger partial charge in [0.2, 0.25) is 0 Å². The summed E-state index contributed by atoms with van der Waals surface area (Å²) in [7, 11) is 0. The van der Waals surface area contributed by atoms with Gasteiger partial charge in [-0.25, -0.2) is 0 Å². The van der Waals surface area contributed by atoms with Crippen LogP contribution in [-0.4, -0.2) is 12.7 Å². The minimum Gasteiger partial charge on any atom is -0.383 e. The third-order valence-corrected chi connectivity index (χ3v) is 0.447. The van der Waals surface area contributed by atoms with Crippen molar-refractivity contribution in [1.29, 1.82) is 0 Å². The zero-order valence-electron chi connectivity index (χ0n) is 4.13. The van der Waals surface area contributed by atoms with E-state index in [1.807, 2.05) is 5.32 Å². The lowest BCUT2D eigenvalue weighted by Gasteiger charge is -2.03. The number of hydrogen-bond donors (Lipinski definition) is 1. The molecule has 0 aliphatic heterocycles. The molecule has 8 heavy (non-hydrogen) atoms. The average Bonchev–Trinajstić information content (AvgIpc) is 1.59. The minimum absolute atomic E-state index is 1.00. The van der Waals surface area contributed by atoms with Crippen molar-refractivity contribution in [2.45, 2.75) is 6.18 Å². The third-order valence-electron chi connectivity index (χ3n) is 0.447. The van der Waals surface area contributed by atoms with Gasteiger partial charge < -0.3 is 5.32 Å². The monoisotopic (exact) mass is 125 g/mol. The molecule has 0 saturated carbocycles. The molecule has 0 radical (unpaired) electrons. The van der Waals surface area contributed by atoms with Gasteiger partial charge in [-0.15, -0.1) is 0 Å². The highest BCUT2D eigenvalue weighted by atomic mass is 19.4. The van der Waals surface area contributed by atoms with Gasteiger partial charge in [-0.3, -0.25) is 0 Å². The second kappa shape index (κ2) is 2.59. The van der Waals surface area contributed by atoms with Crippen LogP contribution in [0.2, 0.25) is 0 Å². The number of nitrogens with one attached hydrogen (secondary N) is 1. The van der Waals surface area contributed by atoms with Crippen molar-refractivity contribution in [2.24, 2.45) is 0 Å². The van der Waals surface area contributed by atoms with Crippen LogP contribution < -0.4 is 5.32 Å². The largest absolute Gasteiger partial charge is 0.405 e. The zero-order chi connectivity index (χ0) is 6.62. The SMILES string of the molecule is C=CNCC(F)(F)F. The van der Waals surface area contributed by atoms with E-state index in [1.54, 1.807) is 0 Å². The Bertz CT molecular complexity index is 75.8. The molecule has 0 aliphatic carbocycles. The lowest BCUT2D eigenvalue weighted by atomic mass is 10.6. The highest BCUT2D eigenvalue weighted by molar-refractivity contribution is 4.65. The van der Waals surface area contributed by atoms with E-state index >= 15 is 0 Å². The van der Waals surface area contributed by atoms with Crippen LogP contribution in [0.1, 0.15) is 0 Å². The number of halogens is 3. The lowest BCUT2D eigenvalue weighted by Crippen LogP contribution is -2.24. The molecular weight excluding hydrogens is 119 g/mol. The fourth-order valence-electron chi connectivity index (χ4n) is 0.188. The first-order valence-corrected chi connectivity index (χ1v) is 1.97. The molecule has 0 aromatic rings. The van der Waals surface area contributed by atoms with E-state index in [1.165, 1.54) is 0 Å². The Kier molecular flexibility index (Phi) is 2.37. The normalized spacial score (nSPS) is 10.9. The maximum Gasteiger partial charge on any atom is 0.405 e. The van der Waals surface area contributed by atoms with E-state index in [-0.39, 0.29) is 0 Å². The van der Waals surface area contributed by atoms with Gasteiger partial charge in [0.05, 0.1) is 0 Å². The summed E-state index contributed by atoms with van der Waals surface area (Å²) in [5.74, 6) is 0. The van der Waals surface area contributed by atoms with Gasteiger partial charge in [-0.1, -0.05) is 6.58 Å². The van der Waals surface area contributed by atoms with Gasteiger partial charge in [-0.2, -0.15) is 13.2 Å². The van der Waals surface area contributed by atoms with E-state index in [4.69, 9.17) is 0 Å². The standard InChI is InChI=1S/C4H6F3N/c1-2-8-3-4(5,6)7/h2,8H,1,3H2. The number of rotatable bonds is 2.